The number of ether oxygens (including phenoxy) is 1. The smallest absolute Gasteiger partial charge is 0.338 e. The van der Waals surface area contributed by atoms with Gasteiger partial charge in [0.2, 0.25) is 0 Å². The fourth-order valence-corrected chi connectivity index (χ4v) is 4.39. The Kier molecular flexibility index (Phi) is 6.33. The molecule has 2 aromatic heterocycles. The van der Waals surface area contributed by atoms with Crippen LogP contribution in [0.1, 0.15) is 24.4 Å². The SMILES string of the molecule is CCOC(=O)C1=C(CN(C)Cc2nc3ccsc3c(=O)[nH]2)NC(=O)NC1c1ccccc1. The predicted octanol–water partition coefficient (Wildman–Crippen LogP) is 2.29. The third-order valence-electron chi connectivity index (χ3n) is 4.99. The molecule has 0 spiro atoms. The highest BCUT2D eigenvalue weighted by atomic mass is 32.1. The first kappa shape index (κ1) is 21.7. The first-order chi connectivity index (χ1) is 15.5. The molecule has 0 fully saturated rings. The van der Waals surface area contributed by atoms with Gasteiger partial charge in [0.25, 0.3) is 5.56 Å². The Morgan fingerprint density at radius 2 is 1.97 bits per heavy atom. The van der Waals surface area contributed by atoms with Crippen molar-refractivity contribution >= 4 is 33.6 Å². The highest BCUT2D eigenvalue weighted by Gasteiger charge is 2.34. The largest absolute Gasteiger partial charge is 0.463 e. The van der Waals surface area contributed by atoms with Crippen LogP contribution in [0.15, 0.2) is 57.8 Å². The van der Waals surface area contributed by atoms with Crippen LogP contribution in [-0.2, 0) is 16.1 Å². The number of nitrogens with zero attached hydrogens (tertiary/aromatic N) is 2. The summed E-state index contributed by atoms with van der Waals surface area (Å²) in [6.07, 6.45) is 0. The number of hydrogen-bond donors (Lipinski definition) is 3. The number of likely N-dealkylation sites (N-methyl/N-ethyl adjacent to an activating group) is 1. The number of aromatic nitrogens is 2. The van der Waals surface area contributed by atoms with Crippen LogP contribution in [0.3, 0.4) is 0 Å². The Labute approximate surface area is 188 Å². The van der Waals surface area contributed by atoms with Crippen LogP contribution in [0.4, 0.5) is 4.79 Å². The summed E-state index contributed by atoms with van der Waals surface area (Å²) >= 11 is 1.34. The lowest BCUT2D eigenvalue weighted by molar-refractivity contribution is -0.139. The molecular weight excluding hydrogens is 430 g/mol. The maximum Gasteiger partial charge on any atom is 0.338 e. The highest BCUT2D eigenvalue weighted by molar-refractivity contribution is 7.17. The molecule has 1 aliphatic rings. The van der Waals surface area contributed by atoms with Gasteiger partial charge in [-0.25, -0.2) is 14.6 Å². The van der Waals surface area contributed by atoms with E-state index >= 15 is 0 Å². The zero-order valence-corrected chi connectivity index (χ0v) is 18.5. The second-order valence-electron chi connectivity index (χ2n) is 7.37. The van der Waals surface area contributed by atoms with Crippen LogP contribution in [0.25, 0.3) is 10.2 Å². The zero-order chi connectivity index (χ0) is 22.7. The first-order valence-electron chi connectivity index (χ1n) is 10.1. The Morgan fingerprint density at radius 3 is 2.72 bits per heavy atom. The molecule has 3 aromatic rings. The van der Waals surface area contributed by atoms with Crippen molar-refractivity contribution in [3.05, 3.63) is 74.8 Å². The van der Waals surface area contributed by atoms with Crippen LogP contribution in [-0.4, -0.2) is 47.1 Å². The maximum absolute atomic E-state index is 12.9. The molecule has 0 aliphatic carbocycles. The summed E-state index contributed by atoms with van der Waals surface area (Å²) in [6, 6.07) is 10.0. The van der Waals surface area contributed by atoms with Crippen LogP contribution in [0.5, 0.6) is 0 Å². The van der Waals surface area contributed by atoms with Crippen LogP contribution < -0.4 is 16.2 Å². The monoisotopic (exact) mass is 453 g/mol. The van der Waals surface area contributed by atoms with E-state index in [-0.39, 0.29) is 18.7 Å². The van der Waals surface area contributed by atoms with E-state index in [0.717, 1.165) is 5.56 Å². The van der Waals surface area contributed by atoms with Crippen molar-refractivity contribution in [2.24, 2.45) is 0 Å². The van der Waals surface area contributed by atoms with E-state index in [2.05, 4.69) is 20.6 Å². The van der Waals surface area contributed by atoms with Gasteiger partial charge in [-0.1, -0.05) is 30.3 Å². The molecule has 1 aromatic carbocycles. The van der Waals surface area contributed by atoms with E-state index in [9.17, 15) is 14.4 Å². The minimum Gasteiger partial charge on any atom is -0.463 e. The van der Waals surface area contributed by atoms with Gasteiger partial charge in [-0.3, -0.25) is 9.69 Å². The number of fused-ring (bicyclic) bond motifs is 1. The zero-order valence-electron chi connectivity index (χ0n) is 17.7. The number of nitrogens with one attached hydrogen (secondary N) is 3. The Bertz CT molecular complexity index is 1230. The topological polar surface area (TPSA) is 116 Å². The molecule has 9 nitrogen and oxygen atoms in total. The Balaban J connectivity index is 1.64. The van der Waals surface area contributed by atoms with Gasteiger partial charge in [-0.05, 0) is 31.0 Å². The third kappa shape index (κ3) is 4.56. The second-order valence-corrected chi connectivity index (χ2v) is 8.29. The van der Waals surface area contributed by atoms with Crippen molar-refractivity contribution in [2.75, 3.05) is 20.2 Å². The number of aromatic amines is 1. The van der Waals surface area contributed by atoms with Crippen LogP contribution in [0.2, 0.25) is 0 Å². The van der Waals surface area contributed by atoms with Crippen molar-refractivity contribution in [3.63, 3.8) is 0 Å². The second kappa shape index (κ2) is 9.33. The summed E-state index contributed by atoms with van der Waals surface area (Å²) < 4.78 is 5.87. The number of thiophene rings is 1. The van der Waals surface area contributed by atoms with E-state index in [4.69, 9.17) is 4.74 Å². The third-order valence-corrected chi connectivity index (χ3v) is 5.90. The van der Waals surface area contributed by atoms with Gasteiger partial charge in [-0.15, -0.1) is 11.3 Å². The molecule has 0 saturated carbocycles. The van der Waals surface area contributed by atoms with Gasteiger partial charge in [-0.2, -0.15) is 0 Å². The lowest BCUT2D eigenvalue weighted by Gasteiger charge is -2.31. The molecule has 166 valence electrons. The summed E-state index contributed by atoms with van der Waals surface area (Å²) in [4.78, 5) is 46.7. The number of H-pyrrole nitrogens is 1. The molecule has 0 saturated heterocycles. The summed E-state index contributed by atoms with van der Waals surface area (Å²) in [7, 11) is 1.82. The molecule has 3 heterocycles. The van der Waals surface area contributed by atoms with Gasteiger partial charge < -0.3 is 20.4 Å². The van der Waals surface area contributed by atoms with Gasteiger partial charge >= 0.3 is 12.0 Å². The number of carbonyl (C=O) groups is 2. The molecule has 32 heavy (non-hydrogen) atoms. The van der Waals surface area contributed by atoms with Crippen molar-refractivity contribution in [1.82, 2.24) is 25.5 Å². The molecule has 0 radical (unpaired) electrons. The van der Waals surface area contributed by atoms with Crippen LogP contribution in [0, 0.1) is 0 Å². The predicted molar refractivity (Wildman–Crippen MR) is 121 cm³/mol. The van der Waals surface area contributed by atoms with Crippen molar-refractivity contribution in [1.29, 1.82) is 0 Å². The van der Waals surface area contributed by atoms with Crippen molar-refractivity contribution in [2.45, 2.75) is 19.5 Å². The number of rotatable bonds is 7. The van der Waals surface area contributed by atoms with Crippen molar-refractivity contribution < 1.29 is 14.3 Å². The lowest BCUT2D eigenvalue weighted by Crippen LogP contribution is -2.48. The molecular formula is C22H23N5O4S. The lowest BCUT2D eigenvalue weighted by atomic mass is 9.95. The molecule has 2 amide bonds. The number of benzene rings is 1. The number of urea groups is 1. The maximum atomic E-state index is 12.9. The summed E-state index contributed by atoms with van der Waals surface area (Å²) in [6.45, 7) is 2.52. The Morgan fingerprint density at radius 1 is 1.19 bits per heavy atom. The summed E-state index contributed by atoms with van der Waals surface area (Å²) in [5.74, 6) is 0.00466. The highest BCUT2D eigenvalue weighted by Crippen LogP contribution is 2.28. The van der Waals surface area contributed by atoms with Crippen molar-refractivity contribution in [3.8, 4) is 0 Å². The molecule has 10 heteroatoms. The number of hydrogen-bond acceptors (Lipinski definition) is 7. The minimum absolute atomic E-state index is 0.181. The summed E-state index contributed by atoms with van der Waals surface area (Å²) in [5.41, 5.74) is 2.04. The molecule has 0 bridgehead atoms. The van der Waals surface area contributed by atoms with Gasteiger partial charge in [0.05, 0.1) is 30.3 Å². The fraction of sp³-hybridized carbons (Fsp3) is 0.273. The molecule has 3 N–H and O–H groups in total. The van der Waals surface area contributed by atoms with Gasteiger partial charge in [0.1, 0.15) is 10.5 Å². The van der Waals surface area contributed by atoms with Gasteiger partial charge in [0.15, 0.2) is 0 Å². The van der Waals surface area contributed by atoms with E-state index in [1.165, 1.54) is 11.3 Å². The van der Waals surface area contributed by atoms with Gasteiger partial charge in [0, 0.05) is 12.2 Å². The Hall–Kier alpha value is -3.50. The quantitative estimate of drug-likeness (QED) is 0.473. The van der Waals surface area contributed by atoms with Crippen LogP contribution >= 0.6 is 11.3 Å². The number of esters is 1. The molecule has 1 unspecified atom stereocenters. The standard InChI is InChI=1S/C22H23N5O4S/c1-3-31-21(29)17-15(24-22(30)26-18(17)13-7-5-4-6-8-13)11-27(2)12-16-23-14-9-10-32-19(14)20(28)25-16/h4-10,18H,3,11-12H2,1-2H3,(H,23,25,28)(H2,24,26,30). The first-order valence-corrected chi connectivity index (χ1v) is 11.0. The van der Waals surface area contributed by atoms with E-state index in [0.29, 0.717) is 33.9 Å². The average Bonchev–Trinajstić information content (AvgIpc) is 3.23. The minimum atomic E-state index is -0.632. The van der Waals surface area contributed by atoms with E-state index in [1.54, 1.807) is 13.0 Å². The summed E-state index contributed by atoms with van der Waals surface area (Å²) in [5, 5.41) is 7.39. The van der Waals surface area contributed by atoms with E-state index < -0.39 is 18.0 Å². The molecule has 4 rings (SSSR count). The number of carbonyl (C=O) groups excluding carboxylic acids is 2. The number of amides is 2. The average molecular weight is 454 g/mol. The fourth-order valence-electron chi connectivity index (χ4n) is 3.67. The molecule has 1 atom stereocenters. The normalized spacial score (nSPS) is 16.2. The molecule has 1 aliphatic heterocycles. The van der Waals surface area contributed by atoms with E-state index in [1.807, 2.05) is 47.7 Å².